The Labute approximate surface area is 65.5 Å². The molecule has 2 rings (SSSR count). The molecule has 54 valence electrons. The minimum absolute atomic E-state index is 0.261. The van der Waals surface area contributed by atoms with E-state index >= 15 is 0 Å². The summed E-state index contributed by atoms with van der Waals surface area (Å²) in [6, 6.07) is 6.24. The van der Waals surface area contributed by atoms with Crippen LogP contribution in [0.2, 0.25) is 0 Å². The summed E-state index contributed by atoms with van der Waals surface area (Å²) in [5, 5.41) is 8.57. The Bertz CT molecular complexity index is 286. The Morgan fingerprint density at radius 2 is 2.18 bits per heavy atom. The van der Waals surface area contributed by atoms with Crippen molar-refractivity contribution in [2.24, 2.45) is 5.92 Å². The third kappa shape index (κ3) is 1.10. The lowest BCUT2D eigenvalue weighted by Crippen LogP contribution is -1.80. The van der Waals surface area contributed by atoms with Gasteiger partial charge in [-0.3, -0.25) is 4.98 Å². The fourth-order valence-corrected chi connectivity index (χ4v) is 1.32. The maximum Gasteiger partial charge on any atom is 0.0662 e. The molecule has 2 heteroatoms. The lowest BCUT2D eigenvalue weighted by Gasteiger charge is -1.93. The Balaban J connectivity index is 2.16. The second-order valence-electron chi connectivity index (χ2n) is 2.86. The van der Waals surface area contributed by atoms with Crippen molar-refractivity contribution in [3.8, 4) is 6.07 Å². The molecule has 0 saturated heterocycles. The molecule has 1 aliphatic carbocycles. The average Bonchev–Trinajstić information content (AvgIpc) is 2.85. The number of aromatic nitrogens is 1. The van der Waals surface area contributed by atoms with E-state index < -0.39 is 0 Å². The predicted molar refractivity (Wildman–Crippen MR) is 40.7 cm³/mol. The zero-order valence-corrected chi connectivity index (χ0v) is 6.07. The summed E-state index contributed by atoms with van der Waals surface area (Å²) in [7, 11) is 0. The van der Waals surface area contributed by atoms with Gasteiger partial charge < -0.3 is 0 Å². The topological polar surface area (TPSA) is 36.7 Å². The minimum Gasteiger partial charge on any atom is -0.265 e. The molecule has 2 unspecified atom stereocenters. The monoisotopic (exact) mass is 144 g/mol. The van der Waals surface area contributed by atoms with Gasteiger partial charge in [0.1, 0.15) is 0 Å². The first-order chi connectivity index (χ1) is 5.42. The van der Waals surface area contributed by atoms with Crippen LogP contribution in [-0.2, 0) is 0 Å². The summed E-state index contributed by atoms with van der Waals surface area (Å²) < 4.78 is 0. The van der Waals surface area contributed by atoms with Gasteiger partial charge in [0.15, 0.2) is 0 Å². The van der Waals surface area contributed by atoms with Crippen LogP contribution in [0.15, 0.2) is 24.5 Å². The lowest BCUT2D eigenvalue weighted by molar-refractivity contribution is 1.01. The fraction of sp³-hybridized carbons (Fsp3) is 0.333. The maximum atomic E-state index is 8.57. The van der Waals surface area contributed by atoms with Crippen LogP contribution < -0.4 is 0 Å². The molecule has 2 atom stereocenters. The molecule has 1 aromatic rings. The molecule has 1 aliphatic rings. The van der Waals surface area contributed by atoms with Gasteiger partial charge in [-0.25, -0.2) is 0 Å². The van der Waals surface area contributed by atoms with Crippen LogP contribution in [0.3, 0.4) is 0 Å². The highest BCUT2D eigenvalue weighted by Gasteiger charge is 2.38. The number of rotatable bonds is 1. The number of nitriles is 1. The van der Waals surface area contributed by atoms with Crippen molar-refractivity contribution in [2.75, 3.05) is 0 Å². The average molecular weight is 144 g/mol. The third-order valence-corrected chi connectivity index (χ3v) is 2.09. The van der Waals surface area contributed by atoms with E-state index in [4.69, 9.17) is 5.26 Å². The first kappa shape index (κ1) is 6.36. The van der Waals surface area contributed by atoms with Crippen LogP contribution in [0.4, 0.5) is 0 Å². The zero-order chi connectivity index (χ0) is 7.68. The molecule has 0 bridgehead atoms. The molecule has 0 aliphatic heterocycles. The van der Waals surface area contributed by atoms with Crippen molar-refractivity contribution >= 4 is 0 Å². The third-order valence-electron chi connectivity index (χ3n) is 2.09. The number of nitrogens with zero attached hydrogens (tertiary/aromatic N) is 2. The van der Waals surface area contributed by atoms with Crippen LogP contribution in [0.1, 0.15) is 17.9 Å². The summed E-state index contributed by atoms with van der Waals surface area (Å²) in [5.41, 5.74) is 1.26. The molecular weight excluding hydrogens is 136 g/mol. The first-order valence-electron chi connectivity index (χ1n) is 3.71. The van der Waals surface area contributed by atoms with Gasteiger partial charge in [-0.2, -0.15) is 5.26 Å². The van der Waals surface area contributed by atoms with Crippen LogP contribution in [-0.4, -0.2) is 4.98 Å². The summed E-state index contributed by atoms with van der Waals surface area (Å²) in [4.78, 5) is 3.92. The molecule has 1 fully saturated rings. The van der Waals surface area contributed by atoms with Crippen LogP contribution in [0, 0.1) is 17.2 Å². The zero-order valence-electron chi connectivity index (χ0n) is 6.07. The van der Waals surface area contributed by atoms with Gasteiger partial charge in [0, 0.05) is 18.3 Å². The Hall–Kier alpha value is -1.36. The quantitative estimate of drug-likeness (QED) is 0.601. The largest absolute Gasteiger partial charge is 0.265 e. The van der Waals surface area contributed by atoms with E-state index in [2.05, 4.69) is 11.1 Å². The molecule has 2 nitrogen and oxygen atoms in total. The molecule has 0 N–H and O–H groups in total. The van der Waals surface area contributed by atoms with Crippen molar-refractivity contribution in [2.45, 2.75) is 12.3 Å². The highest BCUT2D eigenvalue weighted by Crippen LogP contribution is 2.46. The Morgan fingerprint density at radius 3 is 2.73 bits per heavy atom. The maximum absolute atomic E-state index is 8.57. The van der Waals surface area contributed by atoms with E-state index in [1.807, 2.05) is 12.1 Å². The van der Waals surface area contributed by atoms with Crippen molar-refractivity contribution in [3.05, 3.63) is 30.1 Å². The summed E-state index contributed by atoms with van der Waals surface area (Å²) in [6.45, 7) is 0. The second-order valence-corrected chi connectivity index (χ2v) is 2.86. The number of hydrogen-bond donors (Lipinski definition) is 0. The van der Waals surface area contributed by atoms with Gasteiger partial charge in [0.2, 0.25) is 0 Å². The standard InChI is InChI=1S/C9H8N2/c10-6-8-5-9(8)7-1-3-11-4-2-7/h1-4,8-9H,5H2. The molecular formula is C9H8N2. The van der Waals surface area contributed by atoms with Gasteiger partial charge in [-0.1, -0.05) is 0 Å². The summed E-state index contributed by atoms with van der Waals surface area (Å²) >= 11 is 0. The highest BCUT2D eigenvalue weighted by molar-refractivity contribution is 5.26. The van der Waals surface area contributed by atoms with Gasteiger partial charge >= 0.3 is 0 Å². The molecule has 11 heavy (non-hydrogen) atoms. The predicted octanol–water partition coefficient (Wildman–Crippen LogP) is 1.71. The van der Waals surface area contributed by atoms with E-state index in [0.29, 0.717) is 5.92 Å². The van der Waals surface area contributed by atoms with Crippen LogP contribution in [0.5, 0.6) is 0 Å². The molecule has 0 amide bonds. The lowest BCUT2D eigenvalue weighted by atomic mass is 10.1. The van der Waals surface area contributed by atoms with Crippen molar-refractivity contribution < 1.29 is 0 Å². The fourth-order valence-electron chi connectivity index (χ4n) is 1.32. The summed E-state index contributed by atoms with van der Waals surface area (Å²) in [6.07, 6.45) is 4.59. The first-order valence-corrected chi connectivity index (χ1v) is 3.71. The minimum atomic E-state index is 0.261. The van der Waals surface area contributed by atoms with Gasteiger partial charge in [-0.15, -0.1) is 0 Å². The number of hydrogen-bond acceptors (Lipinski definition) is 2. The van der Waals surface area contributed by atoms with E-state index in [0.717, 1.165) is 6.42 Å². The number of pyridine rings is 1. The van der Waals surface area contributed by atoms with Crippen LogP contribution >= 0.6 is 0 Å². The van der Waals surface area contributed by atoms with Crippen molar-refractivity contribution in [1.82, 2.24) is 4.98 Å². The van der Waals surface area contributed by atoms with Crippen molar-refractivity contribution in [3.63, 3.8) is 0 Å². The van der Waals surface area contributed by atoms with E-state index in [1.165, 1.54) is 5.56 Å². The van der Waals surface area contributed by atoms with Crippen LogP contribution in [0.25, 0.3) is 0 Å². The van der Waals surface area contributed by atoms with E-state index in [9.17, 15) is 0 Å². The molecule has 1 heterocycles. The van der Waals surface area contributed by atoms with Gasteiger partial charge in [-0.05, 0) is 24.1 Å². The van der Waals surface area contributed by atoms with Crippen molar-refractivity contribution in [1.29, 1.82) is 5.26 Å². The molecule has 0 radical (unpaired) electrons. The highest BCUT2D eigenvalue weighted by atomic mass is 14.6. The molecule has 0 aromatic carbocycles. The molecule has 1 saturated carbocycles. The molecule has 1 aromatic heterocycles. The SMILES string of the molecule is N#CC1CC1c1ccncc1. The Kier molecular flexibility index (Phi) is 1.36. The van der Waals surface area contributed by atoms with Gasteiger partial charge in [0.05, 0.1) is 12.0 Å². The smallest absolute Gasteiger partial charge is 0.0662 e. The summed E-state index contributed by atoms with van der Waals surface area (Å²) in [5.74, 6) is 0.750. The van der Waals surface area contributed by atoms with E-state index in [-0.39, 0.29) is 5.92 Å². The second kappa shape index (κ2) is 2.35. The van der Waals surface area contributed by atoms with E-state index in [1.54, 1.807) is 12.4 Å². The Morgan fingerprint density at radius 1 is 1.45 bits per heavy atom. The molecule has 0 spiro atoms. The van der Waals surface area contributed by atoms with Gasteiger partial charge in [0.25, 0.3) is 0 Å². The normalized spacial score (nSPS) is 27.5.